The molecule has 0 spiro atoms. The van der Waals surface area contributed by atoms with E-state index in [0.717, 1.165) is 21.5 Å². The Bertz CT molecular complexity index is 739. The zero-order valence-corrected chi connectivity index (χ0v) is 12.9. The van der Waals surface area contributed by atoms with Crippen molar-refractivity contribution in [3.05, 3.63) is 48.2 Å². The number of anilines is 1. The minimum absolute atomic E-state index is 0.114. The number of fused-ring (bicyclic) bond motifs is 1. The fourth-order valence-electron chi connectivity index (χ4n) is 2.08. The first-order chi connectivity index (χ1) is 10.2. The van der Waals surface area contributed by atoms with Crippen LogP contribution in [0.3, 0.4) is 0 Å². The molecule has 0 unspecified atom stereocenters. The van der Waals surface area contributed by atoms with E-state index < -0.39 is 0 Å². The molecule has 0 fully saturated rings. The van der Waals surface area contributed by atoms with Gasteiger partial charge in [0.15, 0.2) is 0 Å². The lowest BCUT2D eigenvalue weighted by Gasteiger charge is -2.13. The second-order valence-corrected chi connectivity index (χ2v) is 5.79. The summed E-state index contributed by atoms with van der Waals surface area (Å²) in [6, 6.07) is 12.1. The summed E-state index contributed by atoms with van der Waals surface area (Å²) in [6.07, 6.45) is 1.87. The molecule has 0 saturated heterocycles. The predicted molar refractivity (Wildman–Crippen MR) is 86.9 cm³/mol. The summed E-state index contributed by atoms with van der Waals surface area (Å²) in [7, 11) is 0. The first-order valence-corrected chi connectivity index (χ1v) is 7.70. The summed E-state index contributed by atoms with van der Waals surface area (Å²) in [5.41, 5.74) is 2.07. The summed E-state index contributed by atoms with van der Waals surface area (Å²) in [5.74, 6) is 0.689. The molecule has 108 valence electrons. The van der Waals surface area contributed by atoms with Gasteiger partial charge < -0.3 is 10.1 Å². The van der Waals surface area contributed by atoms with Crippen LogP contribution in [-0.4, -0.2) is 15.5 Å². The third-order valence-corrected chi connectivity index (χ3v) is 3.86. The molecular formula is C16H17N3OS. The smallest absolute Gasteiger partial charge is 0.218 e. The molecule has 4 nitrogen and oxygen atoms in total. The number of aromatic nitrogens is 2. The highest BCUT2D eigenvalue weighted by molar-refractivity contribution is 7.11. The van der Waals surface area contributed by atoms with Crippen molar-refractivity contribution < 1.29 is 4.74 Å². The van der Waals surface area contributed by atoms with Gasteiger partial charge in [0.25, 0.3) is 0 Å². The lowest BCUT2D eigenvalue weighted by Crippen LogP contribution is -2.10. The molecule has 1 aromatic carbocycles. The fraction of sp³-hybridized carbons (Fsp3) is 0.250. The standard InChI is InChI=1S/C16H17N3OS/c1-11(2)20-15-12(6-5-9-17-15)10-18-16-13-7-3-4-8-14(13)19-21-16/h3-9,11,18H,10H2,1-2H3. The second kappa shape index (κ2) is 6.10. The van der Waals surface area contributed by atoms with Crippen LogP contribution in [0.5, 0.6) is 5.88 Å². The molecule has 0 amide bonds. The topological polar surface area (TPSA) is 47.0 Å². The normalized spacial score (nSPS) is 11.0. The highest BCUT2D eigenvalue weighted by Crippen LogP contribution is 2.28. The number of nitrogens with one attached hydrogen (secondary N) is 1. The minimum Gasteiger partial charge on any atom is -0.475 e. The van der Waals surface area contributed by atoms with Crippen molar-refractivity contribution in [2.75, 3.05) is 5.32 Å². The zero-order chi connectivity index (χ0) is 14.7. The third kappa shape index (κ3) is 3.13. The average molecular weight is 299 g/mol. The number of benzene rings is 1. The summed E-state index contributed by atoms with van der Waals surface area (Å²) >= 11 is 1.48. The highest BCUT2D eigenvalue weighted by atomic mass is 32.1. The van der Waals surface area contributed by atoms with Gasteiger partial charge in [-0.05, 0) is 43.6 Å². The van der Waals surface area contributed by atoms with Crippen molar-refractivity contribution in [2.24, 2.45) is 0 Å². The number of rotatable bonds is 5. The van der Waals surface area contributed by atoms with Crippen LogP contribution >= 0.6 is 11.5 Å². The van der Waals surface area contributed by atoms with Gasteiger partial charge in [0.05, 0.1) is 11.6 Å². The van der Waals surface area contributed by atoms with Crippen molar-refractivity contribution >= 4 is 27.4 Å². The molecule has 3 aromatic rings. The number of hydrogen-bond acceptors (Lipinski definition) is 5. The van der Waals surface area contributed by atoms with Crippen LogP contribution in [0.2, 0.25) is 0 Å². The van der Waals surface area contributed by atoms with E-state index in [1.165, 1.54) is 11.5 Å². The van der Waals surface area contributed by atoms with Gasteiger partial charge in [0.1, 0.15) is 5.00 Å². The van der Waals surface area contributed by atoms with Crippen LogP contribution in [0.15, 0.2) is 42.6 Å². The third-order valence-electron chi connectivity index (χ3n) is 3.02. The Hall–Kier alpha value is -2.14. The van der Waals surface area contributed by atoms with Crippen molar-refractivity contribution in [3.8, 4) is 5.88 Å². The molecule has 3 rings (SSSR count). The Morgan fingerprint density at radius 3 is 2.90 bits per heavy atom. The first-order valence-electron chi connectivity index (χ1n) is 6.93. The Morgan fingerprint density at radius 1 is 1.19 bits per heavy atom. The number of nitrogens with zero attached hydrogens (tertiary/aromatic N) is 2. The number of pyridine rings is 1. The molecule has 0 bridgehead atoms. The molecule has 0 radical (unpaired) electrons. The van der Waals surface area contributed by atoms with Crippen molar-refractivity contribution in [2.45, 2.75) is 26.5 Å². The monoisotopic (exact) mass is 299 g/mol. The van der Waals surface area contributed by atoms with E-state index in [1.54, 1.807) is 6.20 Å². The summed E-state index contributed by atoms with van der Waals surface area (Å²) in [5, 5.41) is 5.66. The summed E-state index contributed by atoms with van der Waals surface area (Å²) in [6.45, 7) is 4.67. The lowest BCUT2D eigenvalue weighted by atomic mass is 10.2. The van der Waals surface area contributed by atoms with E-state index in [0.29, 0.717) is 12.4 Å². The predicted octanol–water partition coefficient (Wildman–Crippen LogP) is 4.09. The number of ether oxygens (including phenoxy) is 1. The Balaban J connectivity index is 1.79. The Kier molecular flexibility index (Phi) is 4.01. The first kappa shape index (κ1) is 13.8. The summed E-state index contributed by atoms with van der Waals surface area (Å²) < 4.78 is 10.2. The molecule has 0 aliphatic rings. The highest BCUT2D eigenvalue weighted by Gasteiger charge is 2.09. The maximum atomic E-state index is 5.74. The van der Waals surface area contributed by atoms with Gasteiger partial charge in [-0.1, -0.05) is 18.2 Å². The van der Waals surface area contributed by atoms with Crippen LogP contribution in [0.25, 0.3) is 10.9 Å². The average Bonchev–Trinajstić information content (AvgIpc) is 2.89. The van der Waals surface area contributed by atoms with Crippen molar-refractivity contribution in [1.29, 1.82) is 0 Å². The van der Waals surface area contributed by atoms with E-state index in [1.807, 2.05) is 44.2 Å². The molecule has 1 N–H and O–H groups in total. The van der Waals surface area contributed by atoms with E-state index in [9.17, 15) is 0 Å². The van der Waals surface area contributed by atoms with Gasteiger partial charge in [-0.2, -0.15) is 4.37 Å². The van der Waals surface area contributed by atoms with Gasteiger partial charge in [-0.25, -0.2) is 4.98 Å². The van der Waals surface area contributed by atoms with Crippen LogP contribution in [0, 0.1) is 0 Å². The second-order valence-electron chi connectivity index (χ2n) is 5.02. The Morgan fingerprint density at radius 2 is 2.05 bits per heavy atom. The molecule has 21 heavy (non-hydrogen) atoms. The zero-order valence-electron chi connectivity index (χ0n) is 12.0. The van der Waals surface area contributed by atoms with E-state index in [-0.39, 0.29) is 6.10 Å². The Labute approximate surface area is 128 Å². The molecule has 0 atom stereocenters. The maximum absolute atomic E-state index is 5.74. The van der Waals surface area contributed by atoms with Gasteiger partial charge in [-0.3, -0.25) is 0 Å². The molecule has 0 aliphatic carbocycles. The van der Waals surface area contributed by atoms with Crippen LogP contribution in [-0.2, 0) is 6.54 Å². The lowest BCUT2D eigenvalue weighted by molar-refractivity contribution is 0.230. The van der Waals surface area contributed by atoms with Crippen LogP contribution in [0.4, 0.5) is 5.00 Å². The van der Waals surface area contributed by atoms with E-state index in [2.05, 4.69) is 20.7 Å². The molecule has 5 heteroatoms. The molecule has 0 saturated carbocycles. The van der Waals surface area contributed by atoms with Gasteiger partial charge in [0.2, 0.25) is 5.88 Å². The van der Waals surface area contributed by atoms with Gasteiger partial charge in [0, 0.05) is 23.7 Å². The molecular weight excluding hydrogens is 282 g/mol. The van der Waals surface area contributed by atoms with E-state index in [4.69, 9.17) is 4.74 Å². The summed E-state index contributed by atoms with van der Waals surface area (Å²) in [4.78, 5) is 4.31. The van der Waals surface area contributed by atoms with Gasteiger partial charge in [-0.15, -0.1) is 0 Å². The van der Waals surface area contributed by atoms with Crippen molar-refractivity contribution in [3.63, 3.8) is 0 Å². The quantitative estimate of drug-likeness (QED) is 0.771. The SMILES string of the molecule is CC(C)Oc1ncccc1CNc1snc2ccccc12. The van der Waals surface area contributed by atoms with Crippen molar-refractivity contribution in [1.82, 2.24) is 9.36 Å². The molecule has 2 aromatic heterocycles. The fourth-order valence-corrected chi connectivity index (χ4v) is 2.84. The molecule has 2 heterocycles. The van der Waals surface area contributed by atoms with Crippen LogP contribution in [0.1, 0.15) is 19.4 Å². The van der Waals surface area contributed by atoms with Gasteiger partial charge >= 0.3 is 0 Å². The van der Waals surface area contributed by atoms with E-state index >= 15 is 0 Å². The maximum Gasteiger partial charge on any atom is 0.218 e. The number of hydrogen-bond donors (Lipinski definition) is 1. The minimum atomic E-state index is 0.114. The molecule has 0 aliphatic heterocycles. The largest absolute Gasteiger partial charge is 0.475 e. The van der Waals surface area contributed by atoms with Crippen LogP contribution < -0.4 is 10.1 Å².